The van der Waals surface area contributed by atoms with Gasteiger partial charge in [0, 0.05) is 14.9 Å². The molecule has 0 unspecified atom stereocenters. The van der Waals surface area contributed by atoms with Crippen molar-refractivity contribution in [3.8, 4) is 11.5 Å². The fourth-order valence-electron chi connectivity index (χ4n) is 3.80. The summed E-state index contributed by atoms with van der Waals surface area (Å²) in [6.07, 6.45) is -0.647. The van der Waals surface area contributed by atoms with Crippen LogP contribution in [-0.4, -0.2) is 76.7 Å². The standard InChI is InChI=1S/C29H38N2O6S2/c1-28(2,3)36-26(32)30-15-22(16-30)34-20-9-7-11-24(13-20)38-19-39-25-12-8-10-21(14-25)35-23-17-31(18-23)27(33)37-29(4,5)6/h7-14,22-23H,15-19H2,1-6H3. The van der Waals surface area contributed by atoms with Crippen molar-refractivity contribution in [1.29, 1.82) is 0 Å². The average Bonchev–Trinajstić information content (AvgIpc) is 2.76. The van der Waals surface area contributed by atoms with Gasteiger partial charge in [-0.25, -0.2) is 9.59 Å². The molecule has 0 radical (unpaired) electrons. The minimum absolute atomic E-state index is 0.0261. The van der Waals surface area contributed by atoms with E-state index in [0.29, 0.717) is 26.2 Å². The monoisotopic (exact) mass is 574 g/mol. The number of carbonyl (C=O) groups is 2. The van der Waals surface area contributed by atoms with Gasteiger partial charge < -0.3 is 28.7 Å². The third-order valence-corrected chi connectivity index (χ3v) is 7.78. The Balaban J connectivity index is 1.17. The molecule has 2 aromatic carbocycles. The summed E-state index contributed by atoms with van der Waals surface area (Å²) in [4.78, 5) is 29.8. The molecule has 39 heavy (non-hydrogen) atoms. The van der Waals surface area contributed by atoms with E-state index in [1.54, 1.807) is 33.3 Å². The molecule has 2 amide bonds. The molecular weight excluding hydrogens is 536 g/mol. The van der Waals surface area contributed by atoms with Crippen molar-refractivity contribution in [2.45, 2.75) is 74.7 Å². The number of benzene rings is 2. The minimum Gasteiger partial charge on any atom is -0.487 e. The molecule has 2 aromatic rings. The topological polar surface area (TPSA) is 77.5 Å². The van der Waals surface area contributed by atoms with Crippen molar-refractivity contribution < 1.29 is 28.5 Å². The normalized spacial score (nSPS) is 16.3. The number of carbonyl (C=O) groups excluding carboxylic acids is 2. The van der Waals surface area contributed by atoms with E-state index in [4.69, 9.17) is 18.9 Å². The predicted molar refractivity (Wildman–Crippen MR) is 154 cm³/mol. The maximum absolute atomic E-state index is 12.1. The number of rotatable bonds is 8. The first-order valence-corrected chi connectivity index (χ1v) is 15.0. The second-order valence-corrected chi connectivity index (χ2v) is 14.1. The molecule has 0 bridgehead atoms. The van der Waals surface area contributed by atoms with Gasteiger partial charge in [0.15, 0.2) is 0 Å². The summed E-state index contributed by atoms with van der Waals surface area (Å²) in [5.41, 5.74) is -0.995. The molecule has 2 heterocycles. The van der Waals surface area contributed by atoms with E-state index in [2.05, 4.69) is 12.1 Å². The summed E-state index contributed by atoms with van der Waals surface area (Å²) in [7, 11) is 0. The van der Waals surface area contributed by atoms with E-state index in [0.717, 1.165) is 26.4 Å². The van der Waals surface area contributed by atoms with Gasteiger partial charge in [0.25, 0.3) is 0 Å². The van der Waals surface area contributed by atoms with Crippen LogP contribution in [0.5, 0.6) is 11.5 Å². The van der Waals surface area contributed by atoms with Gasteiger partial charge in [-0.1, -0.05) is 12.1 Å². The second kappa shape index (κ2) is 12.2. The van der Waals surface area contributed by atoms with E-state index in [9.17, 15) is 9.59 Å². The van der Waals surface area contributed by atoms with E-state index < -0.39 is 11.2 Å². The molecule has 0 aliphatic carbocycles. The Morgan fingerprint density at radius 3 is 1.46 bits per heavy atom. The third-order valence-electron chi connectivity index (χ3n) is 5.67. The Hall–Kier alpha value is -2.72. The Labute approximate surface area is 239 Å². The summed E-state index contributed by atoms with van der Waals surface area (Å²) in [5.74, 6) is 1.60. The molecule has 8 nitrogen and oxygen atoms in total. The molecule has 0 N–H and O–H groups in total. The molecule has 212 valence electrons. The molecule has 10 heteroatoms. The third kappa shape index (κ3) is 9.17. The second-order valence-electron chi connectivity index (χ2n) is 11.6. The molecule has 2 aliphatic rings. The highest BCUT2D eigenvalue weighted by atomic mass is 32.2. The summed E-state index contributed by atoms with van der Waals surface area (Å²) in [6, 6.07) is 16.1. The molecule has 0 atom stereocenters. The van der Waals surface area contributed by atoms with Crippen molar-refractivity contribution in [3.63, 3.8) is 0 Å². The lowest BCUT2D eigenvalue weighted by molar-refractivity contribution is -0.0225. The zero-order valence-corrected chi connectivity index (χ0v) is 25.1. The zero-order chi connectivity index (χ0) is 28.2. The quantitative estimate of drug-likeness (QED) is 0.260. The van der Waals surface area contributed by atoms with Gasteiger partial charge in [-0.15, -0.1) is 23.5 Å². The van der Waals surface area contributed by atoms with Crippen LogP contribution in [0.25, 0.3) is 0 Å². The molecular formula is C29H38N2O6S2. The van der Waals surface area contributed by atoms with Crippen molar-refractivity contribution >= 4 is 35.7 Å². The molecule has 0 spiro atoms. The van der Waals surface area contributed by atoms with Crippen LogP contribution in [0.3, 0.4) is 0 Å². The van der Waals surface area contributed by atoms with Crippen molar-refractivity contribution in [2.75, 3.05) is 31.3 Å². The van der Waals surface area contributed by atoms with Crippen LogP contribution < -0.4 is 9.47 Å². The van der Waals surface area contributed by atoms with Crippen LogP contribution >= 0.6 is 23.5 Å². The Kier molecular flexibility index (Phi) is 9.16. The van der Waals surface area contributed by atoms with Gasteiger partial charge in [-0.05, 0) is 77.9 Å². The summed E-state index contributed by atoms with van der Waals surface area (Å²) < 4.78 is 22.9. The predicted octanol–water partition coefficient (Wildman–Crippen LogP) is 6.52. The molecule has 0 saturated carbocycles. The number of likely N-dealkylation sites (tertiary alicyclic amines) is 2. The van der Waals surface area contributed by atoms with Gasteiger partial charge in [-0.2, -0.15) is 0 Å². The number of hydrogen-bond donors (Lipinski definition) is 0. The van der Waals surface area contributed by atoms with Crippen LogP contribution in [0.15, 0.2) is 58.3 Å². The lowest BCUT2D eigenvalue weighted by atomic mass is 10.1. The van der Waals surface area contributed by atoms with Crippen molar-refractivity contribution in [1.82, 2.24) is 9.80 Å². The Bertz CT molecular complexity index is 1060. The van der Waals surface area contributed by atoms with E-state index in [-0.39, 0.29) is 24.4 Å². The fourth-order valence-corrected chi connectivity index (χ4v) is 5.87. The van der Waals surface area contributed by atoms with Crippen LogP contribution in [0, 0.1) is 0 Å². The van der Waals surface area contributed by atoms with Crippen LogP contribution in [0.2, 0.25) is 0 Å². The highest BCUT2D eigenvalue weighted by molar-refractivity contribution is 8.16. The summed E-state index contributed by atoms with van der Waals surface area (Å²) >= 11 is 3.47. The largest absolute Gasteiger partial charge is 0.487 e. The van der Waals surface area contributed by atoms with Crippen LogP contribution in [0.1, 0.15) is 41.5 Å². The molecule has 2 fully saturated rings. The average molecular weight is 575 g/mol. The number of hydrogen-bond acceptors (Lipinski definition) is 8. The van der Waals surface area contributed by atoms with Crippen molar-refractivity contribution in [3.05, 3.63) is 48.5 Å². The van der Waals surface area contributed by atoms with E-state index in [1.165, 1.54) is 0 Å². The molecule has 0 aromatic heterocycles. The maximum atomic E-state index is 12.1. The van der Waals surface area contributed by atoms with Crippen LogP contribution in [0.4, 0.5) is 9.59 Å². The first-order chi connectivity index (χ1) is 18.3. The number of nitrogens with zero attached hydrogens (tertiary/aromatic N) is 2. The Morgan fingerprint density at radius 1 is 0.718 bits per heavy atom. The zero-order valence-electron chi connectivity index (χ0n) is 23.5. The summed E-state index contributed by atoms with van der Waals surface area (Å²) in [5, 5.41) is 0.832. The number of thioether (sulfide) groups is 2. The van der Waals surface area contributed by atoms with Gasteiger partial charge in [0.1, 0.15) is 34.9 Å². The van der Waals surface area contributed by atoms with Crippen LogP contribution in [-0.2, 0) is 9.47 Å². The first-order valence-electron chi connectivity index (χ1n) is 13.1. The number of amides is 2. The van der Waals surface area contributed by atoms with Gasteiger partial charge in [-0.3, -0.25) is 0 Å². The van der Waals surface area contributed by atoms with Crippen molar-refractivity contribution in [2.24, 2.45) is 0 Å². The highest BCUT2D eigenvalue weighted by Gasteiger charge is 2.36. The first kappa shape index (κ1) is 29.3. The highest BCUT2D eigenvalue weighted by Crippen LogP contribution is 2.32. The van der Waals surface area contributed by atoms with E-state index >= 15 is 0 Å². The van der Waals surface area contributed by atoms with Gasteiger partial charge in [0.2, 0.25) is 0 Å². The van der Waals surface area contributed by atoms with Gasteiger partial charge >= 0.3 is 12.2 Å². The smallest absolute Gasteiger partial charge is 0.410 e. The van der Waals surface area contributed by atoms with Gasteiger partial charge in [0.05, 0.1) is 26.2 Å². The Morgan fingerprint density at radius 2 is 1.10 bits per heavy atom. The lowest BCUT2D eigenvalue weighted by Crippen LogP contribution is -2.57. The minimum atomic E-state index is -0.497. The van der Waals surface area contributed by atoms with E-state index in [1.807, 2.05) is 77.9 Å². The summed E-state index contributed by atoms with van der Waals surface area (Å²) in [6.45, 7) is 13.3. The maximum Gasteiger partial charge on any atom is 0.410 e. The molecule has 2 saturated heterocycles. The molecule has 4 rings (SSSR count). The number of ether oxygens (including phenoxy) is 4. The molecule has 2 aliphatic heterocycles. The fraction of sp³-hybridized carbons (Fsp3) is 0.517. The lowest BCUT2D eigenvalue weighted by Gasteiger charge is -2.39. The SMILES string of the molecule is CC(C)(C)OC(=O)N1CC(Oc2cccc(SCSc3cccc(OC4CN(C(=O)OC(C)(C)C)C4)c3)c2)C1.